The molecular formula is C16H19N3O3. The first kappa shape index (κ1) is 14.6. The number of hydrogen-bond donors (Lipinski definition) is 1. The van der Waals surface area contributed by atoms with E-state index in [1.807, 2.05) is 12.1 Å². The smallest absolute Gasteiger partial charge is 0.277 e. The summed E-state index contributed by atoms with van der Waals surface area (Å²) in [6, 6.07) is 8.89. The van der Waals surface area contributed by atoms with E-state index in [0.29, 0.717) is 18.0 Å². The summed E-state index contributed by atoms with van der Waals surface area (Å²) in [6.07, 6.45) is 2.44. The zero-order valence-electron chi connectivity index (χ0n) is 12.5. The highest BCUT2D eigenvalue weighted by Gasteiger charge is 2.17. The lowest BCUT2D eigenvalue weighted by molar-refractivity contribution is 0.101. The summed E-state index contributed by atoms with van der Waals surface area (Å²) in [4.78, 5) is 14.5. The van der Waals surface area contributed by atoms with Gasteiger partial charge in [0.05, 0.1) is 13.7 Å². The zero-order chi connectivity index (χ0) is 15.4. The van der Waals surface area contributed by atoms with E-state index in [0.717, 1.165) is 18.8 Å². The summed E-state index contributed by atoms with van der Waals surface area (Å²) >= 11 is 0. The Morgan fingerprint density at radius 3 is 2.95 bits per heavy atom. The van der Waals surface area contributed by atoms with Crippen molar-refractivity contribution in [2.75, 3.05) is 25.5 Å². The third-order valence-electron chi connectivity index (χ3n) is 3.70. The molecule has 0 bridgehead atoms. The summed E-state index contributed by atoms with van der Waals surface area (Å²) < 4.78 is 10.4. The lowest BCUT2D eigenvalue weighted by Crippen LogP contribution is -2.18. The molecule has 1 saturated heterocycles. The minimum Gasteiger partial charge on any atom is -0.497 e. The van der Waals surface area contributed by atoms with Crippen molar-refractivity contribution in [3.05, 3.63) is 41.8 Å². The second-order valence-corrected chi connectivity index (χ2v) is 5.35. The Morgan fingerprint density at radius 1 is 1.36 bits per heavy atom. The Kier molecular flexibility index (Phi) is 4.39. The highest BCUT2D eigenvalue weighted by Crippen LogP contribution is 2.18. The molecule has 0 saturated carbocycles. The predicted molar refractivity (Wildman–Crippen MR) is 82.0 cm³/mol. The van der Waals surface area contributed by atoms with Gasteiger partial charge in [0.15, 0.2) is 11.5 Å². The molecule has 0 radical (unpaired) electrons. The quantitative estimate of drug-likeness (QED) is 0.919. The van der Waals surface area contributed by atoms with E-state index in [9.17, 15) is 4.79 Å². The molecule has 1 aromatic carbocycles. The molecule has 0 spiro atoms. The lowest BCUT2D eigenvalue weighted by atomic mass is 10.2. The number of methoxy groups -OCH3 is 1. The number of ether oxygens (including phenoxy) is 1. The normalized spacial score (nSPS) is 15.0. The number of anilines is 1. The van der Waals surface area contributed by atoms with Crippen LogP contribution < -0.4 is 10.1 Å². The van der Waals surface area contributed by atoms with Gasteiger partial charge in [0.2, 0.25) is 0 Å². The van der Waals surface area contributed by atoms with Crippen LogP contribution in [-0.4, -0.2) is 36.2 Å². The first-order valence-corrected chi connectivity index (χ1v) is 7.38. The Bertz CT molecular complexity index is 648. The fourth-order valence-corrected chi connectivity index (χ4v) is 2.55. The van der Waals surface area contributed by atoms with E-state index in [1.54, 1.807) is 25.3 Å². The number of nitrogens with zero attached hydrogens (tertiary/aromatic N) is 2. The van der Waals surface area contributed by atoms with Crippen molar-refractivity contribution in [1.82, 2.24) is 10.1 Å². The van der Waals surface area contributed by atoms with Crippen LogP contribution in [-0.2, 0) is 6.54 Å². The number of carbonyl (C=O) groups excluding carboxylic acids is 1. The number of hydrogen-bond acceptors (Lipinski definition) is 5. The monoisotopic (exact) mass is 301 g/mol. The molecule has 6 nitrogen and oxygen atoms in total. The average Bonchev–Trinajstić information content (AvgIpc) is 3.20. The number of aromatic nitrogens is 1. The Morgan fingerprint density at radius 2 is 2.18 bits per heavy atom. The van der Waals surface area contributed by atoms with Gasteiger partial charge < -0.3 is 14.6 Å². The van der Waals surface area contributed by atoms with Gasteiger partial charge in [-0.1, -0.05) is 11.2 Å². The minimum atomic E-state index is -0.287. The van der Waals surface area contributed by atoms with E-state index >= 15 is 0 Å². The average molecular weight is 301 g/mol. The molecule has 22 heavy (non-hydrogen) atoms. The molecule has 2 heterocycles. The zero-order valence-corrected chi connectivity index (χ0v) is 12.5. The van der Waals surface area contributed by atoms with Crippen LogP contribution in [0.2, 0.25) is 0 Å². The van der Waals surface area contributed by atoms with Crippen molar-refractivity contribution in [3.63, 3.8) is 0 Å². The highest BCUT2D eigenvalue weighted by molar-refractivity contribution is 6.02. The van der Waals surface area contributed by atoms with Gasteiger partial charge in [0, 0.05) is 17.8 Å². The van der Waals surface area contributed by atoms with Gasteiger partial charge in [-0.05, 0) is 38.1 Å². The summed E-state index contributed by atoms with van der Waals surface area (Å²) in [7, 11) is 1.59. The molecule has 1 aliphatic rings. The fraction of sp³-hybridized carbons (Fsp3) is 0.375. The van der Waals surface area contributed by atoms with E-state index in [-0.39, 0.29) is 11.6 Å². The van der Waals surface area contributed by atoms with Crippen LogP contribution in [0.25, 0.3) is 0 Å². The number of carbonyl (C=O) groups is 1. The molecule has 6 heteroatoms. The summed E-state index contributed by atoms with van der Waals surface area (Å²) in [5, 5.41) is 6.64. The Labute approximate surface area is 129 Å². The molecule has 3 rings (SSSR count). The molecule has 1 amide bonds. The van der Waals surface area contributed by atoms with E-state index in [1.165, 1.54) is 12.8 Å². The van der Waals surface area contributed by atoms with Crippen LogP contribution in [0.1, 0.15) is 29.1 Å². The van der Waals surface area contributed by atoms with E-state index < -0.39 is 0 Å². The van der Waals surface area contributed by atoms with Gasteiger partial charge in [-0.3, -0.25) is 9.69 Å². The van der Waals surface area contributed by atoms with Crippen LogP contribution in [0.5, 0.6) is 5.75 Å². The van der Waals surface area contributed by atoms with Gasteiger partial charge in [-0.25, -0.2) is 0 Å². The van der Waals surface area contributed by atoms with Crippen molar-refractivity contribution in [3.8, 4) is 5.75 Å². The minimum absolute atomic E-state index is 0.287. The third kappa shape index (κ3) is 3.46. The third-order valence-corrected chi connectivity index (χ3v) is 3.70. The standard InChI is InChI=1S/C16H19N3O3/c1-21-13-6-4-5-12(9-13)17-16(20)15-10-14(22-18-15)11-19-7-2-3-8-19/h4-6,9-10H,2-3,7-8,11H2,1H3,(H,17,20). The fourth-order valence-electron chi connectivity index (χ4n) is 2.55. The predicted octanol–water partition coefficient (Wildman–Crippen LogP) is 2.53. The molecule has 0 atom stereocenters. The SMILES string of the molecule is COc1cccc(NC(=O)c2cc(CN3CCCC3)on2)c1. The summed E-state index contributed by atoms with van der Waals surface area (Å²) in [5.41, 5.74) is 0.949. The number of likely N-dealkylation sites (tertiary alicyclic amines) is 1. The second kappa shape index (κ2) is 6.62. The van der Waals surface area contributed by atoms with Crippen LogP contribution in [0.4, 0.5) is 5.69 Å². The molecule has 1 N–H and O–H groups in total. The van der Waals surface area contributed by atoms with Gasteiger partial charge >= 0.3 is 0 Å². The first-order chi connectivity index (χ1) is 10.7. The van der Waals surface area contributed by atoms with Crippen molar-refractivity contribution < 1.29 is 14.1 Å². The van der Waals surface area contributed by atoms with Crippen LogP contribution in [0, 0.1) is 0 Å². The Hall–Kier alpha value is -2.34. The largest absolute Gasteiger partial charge is 0.497 e. The highest BCUT2D eigenvalue weighted by atomic mass is 16.5. The maximum Gasteiger partial charge on any atom is 0.277 e. The maximum absolute atomic E-state index is 12.2. The lowest BCUT2D eigenvalue weighted by Gasteiger charge is -2.10. The molecule has 0 unspecified atom stereocenters. The number of nitrogens with one attached hydrogen (secondary N) is 1. The topological polar surface area (TPSA) is 67.6 Å². The Balaban J connectivity index is 1.63. The van der Waals surface area contributed by atoms with Crippen molar-refractivity contribution in [2.24, 2.45) is 0 Å². The van der Waals surface area contributed by atoms with Gasteiger partial charge in [-0.15, -0.1) is 0 Å². The molecule has 1 aliphatic heterocycles. The van der Waals surface area contributed by atoms with Crippen molar-refractivity contribution >= 4 is 11.6 Å². The van der Waals surface area contributed by atoms with Crippen molar-refractivity contribution in [1.29, 1.82) is 0 Å². The molecule has 1 fully saturated rings. The second-order valence-electron chi connectivity index (χ2n) is 5.35. The van der Waals surface area contributed by atoms with Crippen LogP contribution >= 0.6 is 0 Å². The molecule has 0 aliphatic carbocycles. The van der Waals surface area contributed by atoms with E-state index in [4.69, 9.17) is 9.26 Å². The first-order valence-electron chi connectivity index (χ1n) is 7.38. The number of benzene rings is 1. The molecule has 2 aromatic rings. The number of rotatable bonds is 5. The summed E-state index contributed by atoms with van der Waals surface area (Å²) in [5.74, 6) is 1.12. The van der Waals surface area contributed by atoms with Crippen molar-refractivity contribution in [2.45, 2.75) is 19.4 Å². The summed E-state index contributed by atoms with van der Waals surface area (Å²) in [6.45, 7) is 2.86. The van der Waals surface area contributed by atoms with E-state index in [2.05, 4.69) is 15.4 Å². The molecular weight excluding hydrogens is 282 g/mol. The van der Waals surface area contributed by atoms with Gasteiger partial charge in [0.1, 0.15) is 5.75 Å². The van der Waals surface area contributed by atoms with Crippen LogP contribution in [0.15, 0.2) is 34.9 Å². The van der Waals surface area contributed by atoms with Gasteiger partial charge in [-0.2, -0.15) is 0 Å². The maximum atomic E-state index is 12.2. The van der Waals surface area contributed by atoms with Crippen LogP contribution in [0.3, 0.4) is 0 Å². The molecule has 1 aromatic heterocycles. The molecule has 116 valence electrons. The van der Waals surface area contributed by atoms with Gasteiger partial charge in [0.25, 0.3) is 5.91 Å². The number of amides is 1.